The monoisotopic (exact) mass is 418 g/mol. The van der Waals surface area contributed by atoms with E-state index in [-0.39, 0.29) is 17.3 Å². The molecular formula is C22H30N2O4S. The quantitative estimate of drug-likeness (QED) is 0.745. The Morgan fingerprint density at radius 2 is 1.59 bits per heavy atom. The van der Waals surface area contributed by atoms with Gasteiger partial charge < -0.3 is 15.0 Å². The largest absolute Gasteiger partial charge is 0.497 e. The Hall–Kier alpha value is -2.54. The van der Waals surface area contributed by atoms with E-state index in [1.807, 2.05) is 31.1 Å². The van der Waals surface area contributed by atoms with Crippen LogP contribution >= 0.6 is 0 Å². The zero-order valence-corrected chi connectivity index (χ0v) is 18.7. The maximum atomic E-state index is 13.4. The SMILES string of the molecule is COc1ccc(S(=O)(=O)[C@H](CNC(=O)C(C)(C)C)c2ccc(N(C)C)cc2)cc1. The van der Waals surface area contributed by atoms with E-state index in [2.05, 4.69) is 5.32 Å². The molecule has 6 nitrogen and oxygen atoms in total. The van der Waals surface area contributed by atoms with Crippen LogP contribution < -0.4 is 15.0 Å². The molecule has 7 heteroatoms. The van der Waals surface area contributed by atoms with Crippen LogP contribution in [0, 0.1) is 5.41 Å². The van der Waals surface area contributed by atoms with Crippen molar-refractivity contribution in [2.24, 2.45) is 5.41 Å². The van der Waals surface area contributed by atoms with Gasteiger partial charge in [-0.3, -0.25) is 4.79 Å². The van der Waals surface area contributed by atoms with Gasteiger partial charge >= 0.3 is 0 Å². The number of nitrogens with zero attached hydrogens (tertiary/aromatic N) is 1. The minimum Gasteiger partial charge on any atom is -0.497 e. The predicted octanol–water partition coefficient (Wildman–Crippen LogP) is 3.44. The smallest absolute Gasteiger partial charge is 0.225 e. The van der Waals surface area contributed by atoms with Gasteiger partial charge in [0.05, 0.1) is 12.0 Å². The third kappa shape index (κ3) is 5.50. The summed E-state index contributed by atoms with van der Waals surface area (Å²) in [5.41, 5.74) is 0.983. The highest BCUT2D eigenvalue weighted by Crippen LogP contribution is 2.31. The van der Waals surface area contributed by atoms with Gasteiger partial charge in [0, 0.05) is 31.7 Å². The van der Waals surface area contributed by atoms with Crippen molar-refractivity contribution in [3.63, 3.8) is 0 Å². The summed E-state index contributed by atoms with van der Waals surface area (Å²) in [7, 11) is 1.63. The first-order valence-electron chi connectivity index (χ1n) is 9.40. The molecule has 158 valence electrons. The van der Waals surface area contributed by atoms with Crippen molar-refractivity contribution in [2.75, 3.05) is 32.6 Å². The van der Waals surface area contributed by atoms with Crippen LogP contribution in [0.25, 0.3) is 0 Å². The summed E-state index contributed by atoms with van der Waals surface area (Å²) in [6, 6.07) is 13.6. The second-order valence-corrected chi connectivity index (χ2v) is 10.3. The summed E-state index contributed by atoms with van der Waals surface area (Å²) in [6.07, 6.45) is 0. The molecule has 2 rings (SSSR count). The van der Waals surface area contributed by atoms with Gasteiger partial charge in [0.15, 0.2) is 9.84 Å². The number of methoxy groups -OCH3 is 1. The van der Waals surface area contributed by atoms with Gasteiger partial charge in [-0.1, -0.05) is 32.9 Å². The Morgan fingerprint density at radius 3 is 2.03 bits per heavy atom. The minimum absolute atomic E-state index is 0.00816. The van der Waals surface area contributed by atoms with Crippen LogP contribution in [0.3, 0.4) is 0 Å². The molecule has 0 aliphatic rings. The third-order valence-electron chi connectivity index (χ3n) is 4.67. The van der Waals surface area contributed by atoms with Gasteiger partial charge in [-0.2, -0.15) is 0 Å². The third-order valence-corrected chi connectivity index (χ3v) is 6.79. The van der Waals surface area contributed by atoms with Crippen LogP contribution in [0.15, 0.2) is 53.4 Å². The van der Waals surface area contributed by atoms with Gasteiger partial charge in [-0.05, 0) is 42.0 Å². The van der Waals surface area contributed by atoms with E-state index in [1.54, 1.807) is 45.0 Å². The average molecular weight is 419 g/mol. The topological polar surface area (TPSA) is 75.7 Å². The fourth-order valence-electron chi connectivity index (χ4n) is 2.77. The highest BCUT2D eigenvalue weighted by atomic mass is 32.2. The maximum absolute atomic E-state index is 13.4. The van der Waals surface area contributed by atoms with Crippen molar-refractivity contribution in [1.82, 2.24) is 5.32 Å². The Labute approximate surface area is 173 Å². The lowest BCUT2D eigenvalue weighted by Gasteiger charge is -2.23. The number of amides is 1. The molecule has 1 atom stereocenters. The van der Waals surface area contributed by atoms with Crippen molar-refractivity contribution in [1.29, 1.82) is 0 Å². The Balaban J connectivity index is 2.43. The summed E-state index contributed by atoms with van der Waals surface area (Å²) in [5.74, 6) is 0.384. The molecule has 0 bridgehead atoms. The first kappa shape index (κ1) is 22.7. The number of nitrogens with one attached hydrogen (secondary N) is 1. The molecule has 0 unspecified atom stereocenters. The van der Waals surface area contributed by atoms with Crippen molar-refractivity contribution in [3.8, 4) is 5.75 Å². The van der Waals surface area contributed by atoms with Crippen molar-refractivity contribution < 1.29 is 17.9 Å². The van der Waals surface area contributed by atoms with Crippen LogP contribution in [0.2, 0.25) is 0 Å². The number of ether oxygens (including phenoxy) is 1. The van der Waals surface area contributed by atoms with Crippen LogP contribution in [-0.2, 0) is 14.6 Å². The minimum atomic E-state index is -3.74. The molecule has 0 aromatic heterocycles. The summed E-state index contributed by atoms with van der Waals surface area (Å²) in [4.78, 5) is 14.5. The summed E-state index contributed by atoms with van der Waals surface area (Å²) in [6.45, 7) is 5.37. The molecule has 0 aliphatic heterocycles. The molecule has 29 heavy (non-hydrogen) atoms. The predicted molar refractivity (Wildman–Crippen MR) is 116 cm³/mol. The van der Waals surface area contributed by atoms with Gasteiger partial charge in [-0.15, -0.1) is 0 Å². The van der Waals surface area contributed by atoms with Crippen LogP contribution in [0.1, 0.15) is 31.6 Å². The van der Waals surface area contributed by atoms with Crippen molar-refractivity contribution >= 4 is 21.4 Å². The van der Waals surface area contributed by atoms with E-state index in [9.17, 15) is 13.2 Å². The number of anilines is 1. The van der Waals surface area contributed by atoms with E-state index in [0.717, 1.165) is 5.69 Å². The lowest BCUT2D eigenvalue weighted by Crippen LogP contribution is -2.38. The number of carbonyl (C=O) groups excluding carboxylic acids is 1. The highest BCUT2D eigenvalue weighted by Gasteiger charge is 2.31. The van der Waals surface area contributed by atoms with E-state index in [0.29, 0.717) is 11.3 Å². The fourth-order valence-corrected chi connectivity index (χ4v) is 4.44. The second kappa shape index (κ2) is 8.86. The van der Waals surface area contributed by atoms with Gasteiger partial charge in [0.2, 0.25) is 5.91 Å². The molecule has 0 heterocycles. The van der Waals surface area contributed by atoms with Gasteiger partial charge in [0.1, 0.15) is 11.0 Å². The molecule has 0 fully saturated rings. The summed E-state index contributed by atoms with van der Waals surface area (Å²) >= 11 is 0. The maximum Gasteiger partial charge on any atom is 0.225 e. The van der Waals surface area contributed by atoms with E-state index >= 15 is 0 Å². The van der Waals surface area contributed by atoms with Gasteiger partial charge in [-0.25, -0.2) is 8.42 Å². The first-order chi connectivity index (χ1) is 13.5. The highest BCUT2D eigenvalue weighted by molar-refractivity contribution is 7.91. The van der Waals surface area contributed by atoms with Crippen molar-refractivity contribution in [3.05, 3.63) is 54.1 Å². The number of carbonyl (C=O) groups is 1. The molecule has 2 aromatic rings. The molecule has 2 aromatic carbocycles. The molecule has 1 amide bonds. The lowest BCUT2D eigenvalue weighted by molar-refractivity contribution is -0.128. The fraction of sp³-hybridized carbons (Fsp3) is 0.409. The number of sulfone groups is 1. The number of benzene rings is 2. The molecule has 0 aliphatic carbocycles. The number of hydrogen-bond acceptors (Lipinski definition) is 5. The number of rotatable bonds is 7. The Morgan fingerprint density at radius 1 is 1.03 bits per heavy atom. The number of hydrogen-bond donors (Lipinski definition) is 1. The zero-order chi connectivity index (χ0) is 21.8. The Bertz CT molecular complexity index is 928. The van der Waals surface area contributed by atoms with E-state index in [1.165, 1.54) is 19.2 Å². The Kier molecular flexibility index (Phi) is 6.95. The normalized spacial score (nSPS) is 12.9. The first-order valence-corrected chi connectivity index (χ1v) is 10.9. The second-order valence-electron chi connectivity index (χ2n) is 8.16. The van der Waals surface area contributed by atoms with Gasteiger partial charge in [0.25, 0.3) is 0 Å². The van der Waals surface area contributed by atoms with Crippen LogP contribution in [0.4, 0.5) is 5.69 Å². The van der Waals surface area contributed by atoms with Crippen LogP contribution in [-0.4, -0.2) is 42.1 Å². The van der Waals surface area contributed by atoms with Crippen LogP contribution in [0.5, 0.6) is 5.75 Å². The average Bonchev–Trinajstić information content (AvgIpc) is 2.67. The molecule has 1 N–H and O–H groups in total. The standard InChI is InChI=1S/C22H30N2O4S/c1-22(2,3)21(25)23-15-20(16-7-9-17(10-8-16)24(4)5)29(26,27)19-13-11-18(28-6)12-14-19/h7-14,20H,15H2,1-6H3,(H,23,25)/t20-/m1/s1. The van der Waals surface area contributed by atoms with E-state index in [4.69, 9.17) is 4.74 Å². The lowest BCUT2D eigenvalue weighted by atomic mass is 9.95. The molecule has 0 radical (unpaired) electrons. The summed E-state index contributed by atoms with van der Waals surface area (Å²) in [5, 5.41) is 1.90. The molecule has 0 saturated heterocycles. The summed E-state index contributed by atoms with van der Waals surface area (Å²) < 4.78 is 31.9. The van der Waals surface area contributed by atoms with E-state index < -0.39 is 20.5 Å². The molecular weight excluding hydrogens is 388 g/mol. The molecule has 0 spiro atoms. The molecule has 0 saturated carbocycles. The van der Waals surface area contributed by atoms with Crippen molar-refractivity contribution in [2.45, 2.75) is 30.9 Å². The zero-order valence-electron chi connectivity index (χ0n) is 17.9.